The van der Waals surface area contributed by atoms with Gasteiger partial charge in [0, 0.05) is 6.42 Å². The molecule has 0 unspecified atom stereocenters. The van der Waals surface area contributed by atoms with Gasteiger partial charge in [-0.05, 0) is 22.8 Å². The van der Waals surface area contributed by atoms with Crippen LogP contribution in [0.2, 0.25) is 0 Å². The smallest absolute Gasteiger partial charge is 0.219 e. The Kier molecular flexibility index (Phi) is 4.31. The summed E-state index contributed by atoms with van der Waals surface area (Å²) in [6.07, 6.45) is 1.13. The van der Waals surface area contributed by atoms with Crippen LogP contribution in [0.25, 0.3) is 10.8 Å². The minimum Gasteiger partial charge on any atom is -0.381 e. The van der Waals surface area contributed by atoms with E-state index in [1.807, 2.05) is 12.1 Å². The summed E-state index contributed by atoms with van der Waals surface area (Å²) in [6, 6.07) is 14.6. The number of hydrogen-bond donors (Lipinski definition) is 1. The van der Waals surface area contributed by atoms with Crippen molar-refractivity contribution in [2.75, 3.05) is 13.2 Å². The van der Waals surface area contributed by atoms with Crippen molar-refractivity contribution in [3.8, 4) is 0 Å². The topological polar surface area (TPSA) is 52.3 Å². The number of nitrogens with two attached hydrogens (primary N) is 1. The molecule has 0 heterocycles. The van der Waals surface area contributed by atoms with Crippen molar-refractivity contribution >= 4 is 16.7 Å². The van der Waals surface area contributed by atoms with E-state index in [1.54, 1.807) is 0 Å². The first-order valence-electron chi connectivity index (χ1n) is 6.10. The zero-order valence-corrected chi connectivity index (χ0v) is 10.3. The number of benzene rings is 2. The molecule has 2 aromatic rings. The number of hydrogen-bond acceptors (Lipinski definition) is 2. The predicted molar refractivity (Wildman–Crippen MR) is 72.3 cm³/mol. The van der Waals surface area contributed by atoms with Gasteiger partial charge in [-0.15, -0.1) is 0 Å². The summed E-state index contributed by atoms with van der Waals surface area (Å²) in [5.41, 5.74) is 6.31. The zero-order valence-electron chi connectivity index (χ0n) is 10.3. The summed E-state index contributed by atoms with van der Waals surface area (Å²) in [5.74, 6) is -0.319. The van der Waals surface area contributed by atoms with Crippen molar-refractivity contribution in [2.24, 2.45) is 5.73 Å². The van der Waals surface area contributed by atoms with Crippen LogP contribution in [0, 0.1) is 0 Å². The number of carbonyl (C=O) groups is 1. The molecule has 1 amide bonds. The van der Waals surface area contributed by atoms with E-state index < -0.39 is 0 Å². The highest BCUT2D eigenvalue weighted by Gasteiger charge is 2.00. The van der Waals surface area contributed by atoms with Crippen LogP contribution in [0.5, 0.6) is 0 Å². The van der Waals surface area contributed by atoms with Gasteiger partial charge in [0.15, 0.2) is 0 Å². The Morgan fingerprint density at radius 1 is 1.06 bits per heavy atom. The highest BCUT2D eigenvalue weighted by atomic mass is 16.5. The van der Waals surface area contributed by atoms with Gasteiger partial charge in [0.1, 0.15) is 0 Å². The van der Waals surface area contributed by atoms with E-state index >= 15 is 0 Å². The molecule has 0 bridgehead atoms. The molecule has 2 N–H and O–H groups in total. The third-order valence-electron chi connectivity index (χ3n) is 2.89. The molecule has 0 aliphatic carbocycles. The monoisotopic (exact) mass is 243 g/mol. The average Bonchev–Trinajstić information content (AvgIpc) is 2.38. The van der Waals surface area contributed by atoms with Gasteiger partial charge >= 0.3 is 0 Å². The first kappa shape index (κ1) is 12.6. The highest BCUT2D eigenvalue weighted by Crippen LogP contribution is 2.18. The molecule has 2 aromatic carbocycles. The Labute approximate surface area is 107 Å². The number of ether oxygens (including phenoxy) is 1. The van der Waals surface area contributed by atoms with Crippen molar-refractivity contribution in [1.29, 1.82) is 0 Å². The van der Waals surface area contributed by atoms with Gasteiger partial charge in [0.2, 0.25) is 5.91 Å². The number of amides is 1. The number of rotatable bonds is 6. The summed E-state index contributed by atoms with van der Waals surface area (Å²) in [6.45, 7) is 1.02. The third kappa shape index (κ3) is 3.31. The van der Waals surface area contributed by atoms with Gasteiger partial charge in [0.25, 0.3) is 0 Å². The Balaban J connectivity index is 1.93. The van der Waals surface area contributed by atoms with Crippen LogP contribution in [-0.4, -0.2) is 19.1 Å². The van der Waals surface area contributed by atoms with Crippen LogP contribution in [0.3, 0.4) is 0 Å². The van der Waals surface area contributed by atoms with Gasteiger partial charge in [-0.1, -0.05) is 42.5 Å². The lowest BCUT2D eigenvalue weighted by atomic mass is 10.0. The Bertz CT molecular complexity index is 532. The van der Waals surface area contributed by atoms with Crippen molar-refractivity contribution < 1.29 is 9.53 Å². The molecule has 0 spiro atoms. The van der Waals surface area contributed by atoms with Gasteiger partial charge in [-0.2, -0.15) is 0 Å². The Morgan fingerprint density at radius 2 is 1.83 bits per heavy atom. The fourth-order valence-electron chi connectivity index (χ4n) is 1.97. The normalized spacial score (nSPS) is 10.7. The van der Waals surface area contributed by atoms with Gasteiger partial charge in [-0.25, -0.2) is 0 Å². The zero-order chi connectivity index (χ0) is 12.8. The average molecular weight is 243 g/mol. The first-order valence-corrected chi connectivity index (χ1v) is 6.10. The number of fused-ring (bicyclic) bond motifs is 1. The van der Waals surface area contributed by atoms with Gasteiger partial charge in [-0.3, -0.25) is 4.79 Å². The van der Waals surface area contributed by atoms with Crippen LogP contribution >= 0.6 is 0 Å². The minimum absolute atomic E-state index is 0.287. The van der Waals surface area contributed by atoms with E-state index in [1.165, 1.54) is 16.3 Å². The maximum absolute atomic E-state index is 10.5. The number of primary amides is 1. The Morgan fingerprint density at radius 3 is 2.67 bits per heavy atom. The maximum atomic E-state index is 10.5. The molecule has 3 nitrogen and oxygen atoms in total. The van der Waals surface area contributed by atoms with E-state index in [2.05, 4.69) is 30.3 Å². The van der Waals surface area contributed by atoms with E-state index in [-0.39, 0.29) is 12.3 Å². The van der Waals surface area contributed by atoms with Gasteiger partial charge < -0.3 is 10.5 Å². The fourth-order valence-corrected chi connectivity index (χ4v) is 1.97. The first-order chi connectivity index (χ1) is 8.77. The van der Waals surface area contributed by atoms with Crippen molar-refractivity contribution in [3.05, 3.63) is 48.0 Å². The van der Waals surface area contributed by atoms with Crippen LogP contribution in [0.1, 0.15) is 12.0 Å². The maximum Gasteiger partial charge on any atom is 0.219 e. The second-order valence-electron chi connectivity index (χ2n) is 4.22. The fraction of sp³-hybridized carbons (Fsp3) is 0.267. The summed E-state index contributed by atoms with van der Waals surface area (Å²) < 4.78 is 5.40. The summed E-state index contributed by atoms with van der Waals surface area (Å²) in [7, 11) is 0. The van der Waals surface area contributed by atoms with E-state index in [4.69, 9.17) is 10.5 Å². The summed E-state index contributed by atoms with van der Waals surface area (Å²) >= 11 is 0. The van der Waals surface area contributed by atoms with Crippen molar-refractivity contribution in [3.63, 3.8) is 0 Å². The molecule has 0 aliphatic heterocycles. The van der Waals surface area contributed by atoms with Crippen LogP contribution < -0.4 is 5.73 Å². The summed E-state index contributed by atoms with van der Waals surface area (Å²) in [5, 5.41) is 2.51. The van der Waals surface area contributed by atoms with E-state index in [0.717, 1.165) is 6.42 Å². The SMILES string of the molecule is NC(=O)CCOCCc1cccc2ccccc12. The van der Waals surface area contributed by atoms with Crippen LogP contribution in [0.4, 0.5) is 0 Å². The molecule has 18 heavy (non-hydrogen) atoms. The molecule has 0 fully saturated rings. The molecule has 2 rings (SSSR count). The molecule has 0 aromatic heterocycles. The van der Waals surface area contributed by atoms with Crippen LogP contribution in [0.15, 0.2) is 42.5 Å². The van der Waals surface area contributed by atoms with Crippen molar-refractivity contribution in [2.45, 2.75) is 12.8 Å². The second-order valence-corrected chi connectivity index (χ2v) is 4.22. The molecule has 0 radical (unpaired) electrons. The molecule has 0 aliphatic rings. The highest BCUT2D eigenvalue weighted by molar-refractivity contribution is 5.85. The second kappa shape index (κ2) is 6.17. The van der Waals surface area contributed by atoms with E-state index in [0.29, 0.717) is 13.2 Å². The summed E-state index contributed by atoms with van der Waals surface area (Å²) in [4.78, 5) is 10.5. The molecule has 0 saturated heterocycles. The van der Waals surface area contributed by atoms with E-state index in [9.17, 15) is 4.79 Å². The Hall–Kier alpha value is -1.87. The molecule has 0 atom stereocenters. The standard InChI is InChI=1S/C15H17NO2/c16-15(17)9-11-18-10-8-13-6-3-5-12-4-1-2-7-14(12)13/h1-7H,8-11H2,(H2,16,17). The lowest BCUT2D eigenvalue weighted by Crippen LogP contribution is -2.14. The molecule has 3 heteroatoms. The van der Waals surface area contributed by atoms with Gasteiger partial charge in [0.05, 0.1) is 13.2 Å². The van der Waals surface area contributed by atoms with Crippen molar-refractivity contribution in [1.82, 2.24) is 0 Å². The largest absolute Gasteiger partial charge is 0.381 e. The molecule has 0 saturated carbocycles. The lowest BCUT2D eigenvalue weighted by molar-refractivity contribution is -0.119. The number of carbonyl (C=O) groups excluding carboxylic acids is 1. The lowest BCUT2D eigenvalue weighted by Gasteiger charge is -2.07. The molecular weight excluding hydrogens is 226 g/mol. The van der Waals surface area contributed by atoms with Crippen LogP contribution in [-0.2, 0) is 16.0 Å². The quantitative estimate of drug-likeness (QED) is 0.791. The molecule has 94 valence electrons. The third-order valence-corrected chi connectivity index (χ3v) is 2.89. The minimum atomic E-state index is -0.319. The predicted octanol–water partition coefficient (Wildman–Crippen LogP) is 2.27. The molecular formula is C15H17NO2.